The lowest BCUT2D eigenvalue weighted by atomic mass is 10.1. The van der Waals surface area contributed by atoms with Crippen molar-refractivity contribution in [3.63, 3.8) is 0 Å². The Hall–Kier alpha value is -2.01. The monoisotopic (exact) mass is 328 g/mol. The Kier molecular flexibility index (Phi) is 4.19. The predicted molar refractivity (Wildman–Crippen MR) is 91.8 cm³/mol. The third-order valence-electron chi connectivity index (χ3n) is 5.03. The third-order valence-corrected chi connectivity index (χ3v) is 5.03. The molecule has 2 fully saturated rings. The molecule has 5 heteroatoms. The van der Waals surface area contributed by atoms with Crippen LogP contribution in [0.1, 0.15) is 31.1 Å². The average molecular weight is 328 g/mol. The first-order valence-corrected chi connectivity index (χ1v) is 8.78. The van der Waals surface area contributed by atoms with Crippen molar-refractivity contribution in [3.05, 3.63) is 36.1 Å². The zero-order valence-corrected chi connectivity index (χ0v) is 14.0. The maximum atomic E-state index is 12.6. The number of benzene rings is 1. The van der Waals surface area contributed by atoms with Gasteiger partial charge in [-0.15, -0.1) is 0 Å². The topological polar surface area (TPSA) is 54.7 Å². The smallest absolute Gasteiger partial charge is 0.317 e. The molecule has 4 rings (SSSR count). The van der Waals surface area contributed by atoms with E-state index in [2.05, 4.69) is 11.4 Å². The van der Waals surface area contributed by atoms with Crippen molar-refractivity contribution in [2.24, 2.45) is 11.8 Å². The number of ether oxygens (including phenoxy) is 1. The average Bonchev–Trinajstić information content (AvgIpc) is 3.12. The van der Waals surface area contributed by atoms with Crippen LogP contribution in [0.3, 0.4) is 0 Å². The van der Waals surface area contributed by atoms with Crippen molar-refractivity contribution in [1.29, 1.82) is 0 Å². The minimum atomic E-state index is -0.0350. The van der Waals surface area contributed by atoms with E-state index >= 15 is 0 Å². The summed E-state index contributed by atoms with van der Waals surface area (Å²) in [6.07, 6.45) is 3.32. The molecule has 0 bridgehead atoms. The van der Waals surface area contributed by atoms with E-state index in [1.165, 1.54) is 0 Å². The van der Waals surface area contributed by atoms with Gasteiger partial charge in [-0.05, 0) is 37.3 Å². The van der Waals surface area contributed by atoms with E-state index in [1.54, 1.807) is 4.90 Å². The van der Waals surface area contributed by atoms with Gasteiger partial charge in [0.1, 0.15) is 11.3 Å². The molecule has 2 heterocycles. The molecule has 2 aliphatic rings. The number of rotatable bonds is 5. The predicted octanol–water partition coefficient (Wildman–Crippen LogP) is 3.56. The molecule has 2 aromatic rings. The number of hydrogen-bond acceptors (Lipinski definition) is 3. The molecule has 5 nitrogen and oxygen atoms in total. The van der Waals surface area contributed by atoms with Gasteiger partial charge in [0.15, 0.2) is 0 Å². The van der Waals surface area contributed by atoms with Crippen LogP contribution >= 0.6 is 0 Å². The molecule has 2 amide bonds. The first-order chi connectivity index (χ1) is 11.7. The number of hydrogen-bond donors (Lipinski definition) is 1. The van der Waals surface area contributed by atoms with Crippen LogP contribution in [-0.4, -0.2) is 37.7 Å². The minimum Gasteiger partial charge on any atom is -0.459 e. The molecular formula is C19H24N2O3. The van der Waals surface area contributed by atoms with E-state index in [4.69, 9.17) is 9.15 Å². The highest BCUT2D eigenvalue weighted by molar-refractivity contribution is 5.78. The van der Waals surface area contributed by atoms with Crippen LogP contribution in [0.4, 0.5) is 4.79 Å². The first kappa shape index (κ1) is 15.5. The summed E-state index contributed by atoms with van der Waals surface area (Å²) in [6, 6.07) is 9.98. The van der Waals surface area contributed by atoms with Gasteiger partial charge in [-0.1, -0.05) is 18.2 Å². The van der Waals surface area contributed by atoms with E-state index in [0.29, 0.717) is 11.8 Å². The number of carbonyl (C=O) groups is 1. The van der Waals surface area contributed by atoms with Crippen LogP contribution < -0.4 is 5.32 Å². The third kappa shape index (κ3) is 3.26. The summed E-state index contributed by atoms with van der Waals surface area (Å²) in [5, 5.41) is 4.27. The van der Waals surface area contributed by atoms with Gasteiger partial charge in [-0.25, -0.2) is 4.79 Å². The Labute approximate surface area is 141 Å². The summed E-state index contributed by atoms with van der Waals surface area (Å²) in [4.78, 5) is 14.4. The molecule has 1 aromatic heterocycles. The van der Waals surface area contributed by atoms with E-state index in [1.807, 2.05) is 31.3 Å². The highest BCUT2D eigenvalue weighted by atomic mass is 16.5. The number of fused-ring (bicyclic) bond motifs is 1. The molecule has 0 unspecified atom stereocenters. The number of furan rings is 1. The van der Waals surface area contributed by atoms with Gasteiger partial charge in [0, 0.05) is 31.5 Å². The zero-order chi connectivity index (χ0) is 16.5. The summed E-state index contributed by atoms with van der Waals surface area (Å²) in [5.41, 5.74) is 0.879. The number of carbonyl (C=O) groups excluding carboxylic acids is 1. The number of para-hydroxylation sites is 1. The Balaban J connectivity index is 1.46. The number of urea groups is 1. The van der Waals surface area contributed by atoms with Crippen LogP contribution in [0.5, 0.6) is 0 Å². The molecule has 1 saturated heterocycles. The SMILES string of the molecule is CN(C[C@@H]1CCOC1)C(=O)N[C@@H](c1cc2ccccc2o1)C1CC1. The summed E-state index contributed by atoms with van der Waals surface area (Å²) >= 11 is 0. The highest BCUT2D eigenvalue weighted by Gasteiger charge is 2.36. The van der Waals surface area contributed by atoms with Gasteiger partial charge < -0.3 is 19.4 Å². The summed E-state index contributed by atoms with van der Waals surface area (Å²) in [7, 11) is 1.86. The molecule has 2 atom stereocenters. The van der Waals surface area contributed by atoms with Gasteiger partial charge >= 0.3 is 6.03 Å². The molecule has 0 spiro atoms. The molecule has 1 aliphatic heterocycles. The van der Waals surface area contributed by atoms with Gasteiger partial charge in [-0.2, -0.15) is 0 Å². The van der Waals surface area contributed by atoms with Crippen LogP contribution in [0.2, 0.25) is 0 Å². The Bertz CT molecular complexity index is 683. The number of nitrogens with one attached hydrogen (secondary N) is 1. The summed E-state index contributed by atoms with van der Waals surface area (Å²) < 4.78 is 11.4. The molecule has 24 heavy (non-hydrogen) atoms. The van der Waals surface area contributed by atoms with Crippen molar-refractivity contribution in [2.45, 2.75) is 25.3 Å². The second-order valence-corrected chi connectivity index (χ2v) is 7.06. The quantitative estimate of drug-likeness (QED) is 0.913. The molecule has 1 saturated carbocycles. The highest BCUT2D eigenvalue weighted by Crippen LogP contribution is 2.42. The fourth-order valence-corrected chi connectivity index (χ4v) is 3.45. The number of nitrogens with zero attached hydrogens (tertiary/aromatic N) is 1. The Morgan fingerprint density at radius 1 is 1.33 bits per heavy atom. The van der Waals surface area contributed by atoms with E-state index < -0.39 is 0 Å². The van der Waals surface area contributed by atoms with Gasteiger partial charge in [0.05, 0.1) is 12.6 Å². The molecule has 1 aliphatic carbocycles. The maximum Gasteiger partial charge on any atom is 0.317 e. The lowest BCUT2D eigenvalue weighted by molar-refractivity contribution is 0.169. The lowest BCUT2D eigenvalue weighted by Gasteiger charge is -2.24. The zero-order valence-electron chi connectivity index (χ0n) is 14.0. The van der Waals surface area contributed by atoms with E-state index in [-0.39, 0.29) is 12.1 Å². The molecular weight excluding hydrogens is 304 g/mol. The summed E-state index contributed by atoms with van der Waals surface area (Å²) in [6.45, 7) is 2.31. The maximum absolute atomic E-state index is 12.6. The van der Waals surface area contributed by atoms with Crippen molar-refractivity contribution < 1.29 is 13.9 Å². The molecule has 1 aromatic carbocycles. The fraction of sp³-hybridized carbons (Fsp3) is 0.526. The van der Waals surface area contributed by atoms with Crippen LogP contribution in [0.15, 0.2) is 34.7 Å². The van der Waals surface area contributed by atoms with Crippen molar-refractivity contribution in [2.75, 3.05) is 26.8 Å². The lowest BCUT2D eigenvalue weighted by Crippen LogP contribution is -2.42. The molecule has 1 N–H and O–H groups in total. The van der Waals surface area contributed by atoms with Crippen LogP contribution in [0.25, 0.3) is 11.0 Å². The van der Waals surface area contributed by atoms with Crippen molar-refractivity contribution >= 4 is 17.0 Å². The Morgan fingerprint density at radius 3 is 2.88 bits per heavy atom. The second kappa shape index (κ2) is 6.48. The van der Waals surface area contributed by atoms with Crippen molar-refractivity contribution in [3.8, 4) is 0 Å². The first-order valence-electron chi connectivity index (χ1n) is 8.78. The van der Waals surface area contributed by atoms with E-state index in [9.17, 15) is 4.79 Å². The van der Waals surface area contributed by atoms with Gasteiger partial charge in [0.25, 0.3) is 0 Å². The number of amides is 2. The van der Waals surface area contributed by atoms with Crippen LogP contribution in [0, 0.1) is 11.8 Å². The van der Waals surface area contributed by atoms with Gasteiger partial charge in [-0.3, -0.25) is 0 Å². The fourth-order valence-electron chi connectivity index (χ4n) is 3.45. The molecule has 128 valence electrons. The van der Waals surface area contributed by atoms with Gasteiger partial charge in [0.2, 0.25) is 0 Å². The Morgan fingerprint density at radius 2 is 2.17 bits per heavy atom. The van der Waals surface area contributed by atoms with Crippen LogP contribution in [-0.2, 0) is 4.74 Å². The summed E-state index contributed by atoms with van der Waals surface area (Å²) in [5.74, 6) is 1.80. The minimum absolute atomic E-state index is 0.0285. The largest absolute Gasteiger partial charge is 0.459 e. The standard InChI is InChI=1S/C19H24N2O3/c1-21(11-13-8-9-23-12-13)19(22)20-18(14-6-7-14)17-10-15-4-2-3-5-16(15)24-17/h2-5,10,13-14,18H,6-9,11-12H2,1H3,(H,20,22)/t13-,18+/m0/s1. The molecule has 0 radical (unpaired) electrons. The second-order valence-electron chi connectivity index (χ2n) is 7.06. The van der Waals surface area contributed by atoms with E-state index in [0.717, 1.165) is 55.8 Å². The normalized spacial score (nSPS) is 21.8. The van der Waals surface area contributed by atoms with Crippen molar-refractivity contribution in [1.82, 2.24) is 10.2 Å².